The zero-order valence-corrected chi connectivity index (χ0v) is 20.4. The van der Waals surface area contributed by atoms with Gasteiger partial charge < -0.3 is 10.6 Å². The molecule has 1 saturated carbocycles. The molecule has 1 saturated heterocycles. The molecule has 188 valence electrons. The van der Waals surface area contributed by atoms with Crippen molar-refractivity contribution in [3.05, 3.63) is 62.3 Å². The molecule has 1 amide bonds. The minimum atomic E-state index is -0.643. The molecule has 35 heavy (non-hydrogen) atoms. The highest BCUT2D eigenvalue weighted by Gasteiger charge is 2.30. The maximum atomic E-state index is 13.3. The summed E-state index contributed by atoms with van der Waals surface area (Å²) in [4.78, 5) is 55.9. The molecule has 1 aromatic heterocycles. The van der Waals surface area contributed by atoms with E-state index in [1.807, 2.05) is 40.1 Å². The Morgan fingerprint density at radius 3 is 2.23 bits per heavy atom. The summed E-state index contributed by atoms with van der Waals surface area (Å²) in [5.74, 6) is -0.123. The first-order valence-electron chi connectivity index (χ1n) is 12.6. The number of piperazine rings is 1. The summed E-state index contributed by atoms with van der Waals surface area (Å²) in [5, 5.41) is 0. The summed E-state index contributed by atoms with van der Waals surface area (Å²) in [6, 6.07) is 9.32. The van der Waals surface area contributed by atoms with Crippen LogP contribution in [0.5, 0.6) is 0 Å². The van der Waals surface area contributed by atoms with Gasteiger partial charge in [-0.25, -0.2) is 4.79 Å². The van der Waals surface area contributed by atoms with Crippen molar-refractivity contribution in [3.63, 3.8) is 0 Å². The lowest BCUT2D eigenvalue weighted by Gasteiger charge is -2.36. The van der Waals surface area contributed by atoms with Gasteiger partial charge in [-0.2, -0.15) is 0 Å². The third-order valence-electron chi connectivity index (χ3n) is 7.25. The average Bonchev–Trinajstić information content (AvgIpc) is 2.88. The van der Waals surface area contributed by atoms with Crippen molar-refractivity contribution in [1.82, 2.24) is 18.9 Å². The molecule has 1 aromatic carbocycles. The van der Waals surface area contributed by atoms with Gasteiger partial charge in [0.05, 0.1) is 13.1 Å². The number of anilines is 1. The lowest BCUT2D eigenvalue weighted by atomic mass is 9.88. The van der Waals surface area contributed by atoms with E-state index in [9.17, 15) is 19.2 Å². The van der Waals surface area contributed by atoms with Crippen LogP contribution in [-0.4, -0.2) is 63.3 Å². The molecule has 2 heterocycles. The van der Waals surface area contributed by atoms with Crippen molar-refractivity contribution < 1.29 is 9.59 Å². The molecular formula is C26H35N5O4. The number of carbonyl (C=O) groups is 2. The quantitative estimate of drug-likeness (QED) is 0.601. The number of nitrogen functional groups attached to an aromatic ring is 1. The van der Waals surface area contributed by atoms with Crippen LogP contribution >= 0.6 is 0 Å². The minimum Gasteiger partial charge on any atom is -0.384 e. The number of aromatic nitrogens is 2. The van der Waals surface area contributed by atoms with Crippen LogP contribution in [0.15, 0.2) is 39.9 Å². The minimum absolute atomic E-state index is 0.0259. The smallest absolute Gasteiger partial charge is 0.332 e. The number of carbonyl (C=O) groups excluding carboxylic acids is 2. The van der Waals surface area contributed by atoms with Gasteiger partial charge in [-0.05, 0) is 25.3 Å². The molecule has 9 heteroatoms. The van der Waals surface area contributed by atoms with Crippen LogP contribution in [0.1, 0.15) is 54.9 Å². The lowest BCUT2D eigenvalue weighted by molar-refractivity contribution is -0.138. The van der Waals surface area contributed by atoms with Crippen molar-refractivity contribution in [3.8, 4) is 0 Å². The topological polar surface area (TPSA) is 111 Å². The van der Waals surface area contributed by atoms with Gasteiger partial charge in [0.2, 0.25) is 5.91 Å². The van der Waals surface area contributed by atoms with Crippen LogP contribution in [0, 0.1) is 5.92 Å². The number of rotatable bonds is 7. The average molecular weight is 482 g/mol. The van der Waals surface area contributed by atoms with E-state index in [2.05, 4.69) is 0 Å². The molecule has 0 bridgehead atoms. The van der Waals surface area contributed by atoms with E-state index in [-0.39, 0.29) is 42.8 Å². The Bertz CT molecular complexity index is 1170. The predicted octanol–water partition coefficient (Wildman–Crippen LogP) is 1.57. The van der Waals surface area contributed by atoms with Crippen molar-refractivity contribution in [2.75, 3.05) is 38.5 Å². The predicted molar refractivity (Wildman–Crippen MR) is 135 cm³/mol. The van der Waals surface area contributed by atoms with Crippen molar-refractivity contribution >= 4 is 17.5 Å². The van der Waals surface area contributed by atoms with Crippen LogP contribution in [0.4, 0.5) is 5.82 Å². The molecule has 1 aliphatic heterocycles. The van der Waals surface area contributed by atoms with E-state index in [1.54, 1.807) is 6.92 Å². The highest BCUT2D eigenvalue weighted by molar-refractivity contribution is 6.01. The first-order valence-corrected chi connectivity index (χ1v) is 12.6. The van der Waals surface area contributed by atoms with E-state index in [1.165, 1.54) is 11.0 Å². The molecule has 0 spiro atoms. The van der Waals surface area contributed by atoms with E-state index in [0.29, 0.717) is 26.2 Å². The molecule has 0 unspecified atom stereocenters. The second-order valence-electron chi connectivity index (χ2n) is 9.52. The monoisotopic (exact) mass is 481 g/mol. The largest absolute Gasteiger partial charge is 0.384 e. The summed E-state index contributed by atoms with van der Waals surface area (Å²) < 4.78 is 2.36. The molecule has 1 aliphatic carbocycles. The first kappa shape index (κ1) is 24.9. The maximum Gasteiger partial charge on any atom is 0.332 e. The SMILES string of the molecule is CCn1c(=O)c(C(=O)CN2CCN(C(=O)C3CCCCC3)CC2)c(N)n(Cc2ccccc2)c1=O. The second-order valence-corrected chi connectivity index (χ2v) is 9.52. The van der Waals surface area contributed by atoms with Crippen molar-refractivity contribution in [1.29, 1.82) is 0 Å². The summed E-state index contributed by atoms with van der Waals surface area (Å²) in [6.07, 6.45) is 5.39. The molecule has 2 aliphatic rings. The fourth-order valence-corrected chi connectivity index (χ4v) is 5.19. The van der Waals surface area contributed by atoms with E-state index >= 15 is 0 Å². The van der Waals surface area contributed by atoms with Gasteiger partial charge in [0.15, 0.2) is 5.78 Å². The third kappa shape index (κ3) is 5.40. The lowest BCUT2D eigenvalue weighted by Crippen LogP contribution is -2.52. The summed E-state index contributed by atoms with van der Waals surface area (Å²) in [6.45, 7) is 4.32. The van der Waals surface area contributed by atoms with Gasteiger partial charge in [-0.3, -0.25) is 28.4 Å². The normalized spacial score (nSPS) is 17.5. The molecule has 9 nitrogen and oxygen atoms in total. The highest BCUT2D eigenvalue weighted by Crippen LogP contribution is 2.26. The van der Waals surface area contributed by atoms with E-state index < -0.39 is 17.0 Å². The number of benzene rings is 1. The Labute approximate surface area is 205 Å². The number of nitrogens with two attached hydrogens (primary N) is 1. The van der Waals surface area contributed by atoms with Crippen LogP contribution in [0.2, 0.25) is 0 Å². The second kappa shape index (κ2) is 11.0. The molecule has 2 N–H and O–H groups in total. The Hall–Kier alpha value is -3.20. The molecule has 0 atom stereocenters. The number of amides is 1. The number of ketones is 1. The first-order chi connectivity index (χ1) is 16.9. The zero-order valence-electron chi connectivity index (χ0n) is 20.4. The van der Waals surface area contributed by atoms with Gasteiger partial charge >= 0.3 is 5.69 Å². The van der Waals surface area contributed by atoms with Crippen LogP contribution in [-0.2, 0) is 17.9 Å². The molecule has 2 aromatic rings. The third-order valence-corrected chi connectivity index (χ3v) is 7.25. The summed E-state index contributed by atoms with van der Waals surface area (Å²) in [5.41, 5.74) is 5.81. The Balaban J connectivity index is 1.48. The van der Waals surface area contributed by atoms with Crippen molar-refractivity contribution in [2.24, 2.45) is 5.92 Å². The van der Waals surface area contributed by atoms with Crippen molar-refractivity contribution in [2.45, 2.75) is 52.1 Å². The van der Waals surface area contributed by atoms with Gasteiger partial charge in [0, 0.05) is 38.6 Å². The van der Waals surface area contributed by atoms with E-state index in [4.69, 9.17) is 5.73 Å². The number of nitrogens with zero attached hydrogens (tertiary/aromatic N) is 4. The zero-order chi connectivity index (χ0) is 24.9. The standard InChI is InChI=1S/C26H35N5O4/c1-2-30-25(34)22(23(27)31(26(30)35)17-19-9-5-3-6-10-19)21(32)18-28-13-15-29(16-14-28)24(33)20-11-7-4-8-12-20/h3,5-6,9-10,20H,2,4,7-8,11-18,27H2,1H3. The van der Waals surface area contributed by atoms with Crippen LogP contribution in [0.25, 0.3) is 0 Å². The maximum absolute atomic E-state index is 13.3. The van der Waals surface area contributed by atoms with Gasteiger partial charge in [-0.1, -0.05) is 49.6 Å². The van der Waals surface area contributed by atoms with E-state index in [0.717, 1.165) is 35.8 Å². The molecule has 0 radical (unpaired) electrons. The fraction of sp³-hybridized carbons (Fsp3) is 0.538. The van der Waals surface area contributed by atoms with Gasteiger partial charge in [-0.15, -0.1) is 0 Å². The Kier molecular flexibility index (Phi) is 7.85. The fourth-order valence-electron chi connectivity index (χ4n) is 5.19. The Morgan fingerprint density at radius 1 is 0.943 bits per heavy atom. The van der Waals surface area contributed by atoms with Gasteiger partial charge in [0.1, 0.15) is 11.4 Å². The number of hydrogen-bond donors (Lipinski definition) is 1. The van der Waals surface area contributed by atoms with Crippen LogP contribution in [0.3, 0.4) is 0 Å². The number of hydrogen-bond acceptors (Lipinski definition) is 6. The van der Waals surface area contributed by atoms with Crippen LogP contribution < -0.4 is 17.0 Å². The molecule has 2 fully saturated rings. The summed E-state index contributed by atoms with van der Waals surface area (Å²) >= 11 is 0. The highest BCUT2D eigenvalue weighted by atomic mass is 16.2. The molecule has 4 rings (SSSR count). The molecular weight excluding hydrogens is 446 g/mol. The summed E-state index contributed by atoms with van der Waals surface area (Å²) in [7, 11) is 0. The Morgan fingerprint density at radius 2 is 1.60 bits per heavy atom. The van der Waals surface area contributed by atoms with Gasteiger partial charge in [0.25, 0.3) is 5.56 Å². The number of Topliss-reactive ketones (excluding diaryl/α,β-unsaturated/α-hetero) is 1.